The number of aromatic nitrogens is 2. The number of nitrogens with one attached hydrogen (secondary N) is 1. The molecular weight excluding hydrogens is 265 g/mol. The Morgan fingerprint density at radius 1 is 1.32 bits per heavy atom. The van der Waals surface area contributed by atoms with Crippen molar-refractivity contribution in [3.8, 4) is 0 Å². The Hall–Kier alpha value is -1.52. The molecule has 0 saturated carbocycles. The van der Waals surface area contributed by atoms with E-state index in [1.165, 1.54) is 12.1 Å². The molecule has 100 valence electrons. The largest absolute Gasteiger partial charge is 0.310 e. The van der Waals surface area contributed by atoms with Gasteiger partial charge < -0.3 is 5.32 Å². The van der Waals surface area contributed by atoms with Crippen molar-refractivity contribution in [2.75, 3.05) is 6.54 Å². The molecule has 0 aliphatic heterocycles. The molecule has 0 saturated heterocycles. The summed E-state index contributed by atoms with van der Waals surface area (Å²) in [6, 6.07) is 6.36. The highest BCUT2D eigenvalue weighted by Crippen LogP contribution is 2.23. The molecule has 0 amide bonds. The van der Waals surface area contributed by atoms with Gasteiger partial charge in [0, 0.05) is 17.3 Å². The molecule has 0 radical (unpaired) electrons. The fourth-order valence-electron chi connectivity index (χ4n) is 1.98. The third-order valence-electron chi connectivity index (χ3n) is 2.89. The quantitative estimate of drug-likeness (QED) is 0.914. The van der Waals surface area contributed by atoms with Gasteiger partial charge in [0.1, 0.15) is 5.82 Å². The first-order valence-electron chi connectivity index (χ1n) is 6.14. The minimum absolute atomic E-state index is 0.0415. The molecule has 1 unspecified atom stereocenters. The molecule has 1 aromatic carbocycles. The molecule has 0 aliphatic carbocycles. The molecule has 0 fully saturated rings. The monoisotopic (exact) mass is 279 g/mol. The molecule has 5 heteroatoms. The van der Waals surface area contributed by atoms with Crippen molar-refractivity contribution in [2.45, 2.75) is 19.4 Å². The third-order valence-corrected chi connectivity index (χ3v) is 3.26. The summed E-state index contributed by atoms with van der Waals surface area (Å²) in [5.74, 6) is -0.275. The van der Waals surface area contributed by atoms with E-state index in [-0.39, 0.29) is 11.9 Å². The second kappa shape index (κ2) is 6.59. The van der Waals surface area contributed by atoms with Crippen molar-refractivity contribution >= 4 is 11.6 Å². The summed E-state index contributed by atoms with van der Waals surface area (Å²) in [5, 5.41) is 11.6. The van der Waals surface area contributed by atoms with Gasteiger partial charge in [-0.25, -0.2) is 4.39 Å². The molecule has 1 aromatic heterocycles. The van der Waals surface area contributed by atoms with Crippen LogP contribution in [-0.4, -0.2) is 16.7 Å². The van der Waals surface area contributed by atoms with E-state index in [2.05, 4.69) is 15.5 Å². The lowest BCUT2D eigenvalue weighted by molar-refractivity contribution is 0.544. The second-order valence-corrected chi connectivity index (χ2v) is 4.63. The molecule has 0 aliphatic rings. The highest BCUT2D eigenvalue weighted by Gasteiger charge is 2.14. The van der Waals surface area contributed by atoms with Gasteiger partial charge in [0.05, 0.1) is 6.20 Å². The van der Waals surface area contributed by atoms with Crippen LogP contribution >= 0.6 is 11.6 Å². The van der Waals surface area contributed by atoms with Crippen LogP contribution < -0.4 is 5.32 Å². The number of hydrogen-bond donors (Lipinski definition) is 1. The van der Waals surface area contributed by atoms with Crippen molar-refractivity contribution in [1.29, 1.82) is 0 Å². The molecule has 0 bridgehead atoms. The molecular formula is C14H15ClFN3. The number of hydrogen-bond acceptors (Lipinski definition) is 3. The zero-order valence-corrected chi connectivity index (χ0v) is 11.4. The normalized spacial score (nSPS) is 12.4. The number of nitrogens with zero attached hydrogens (tertiary/aromatic N) is 2. The number of benzene rings is 1. The summed E-state index contributed by atoms with van der Waals surface area (Å²) in [4.78, 5) is 0. The van der Waals surface area contributed by atoms with E-state index in [9.17, 15) is 4.39 Å². The predicted octanol–water partition coefficient (Wildman–Crippen LogP) is 3.16. The predicted molar refractivity (Wildman–Crippen MR) is 73.6 cm³/mol. The second-order valence-electron chi connectivity index (χ2n) is 4.23. The van der Waals surface area contributed by atoms with Crippen molar-refractivity contribution in [1.82, 2.24) is 15.5 Å². The van der Waals surface area contributed by atoms with Crippen molar-refractivity contribution in [3.05, 3.63) is 58.6 Å². The van der Waals surface area contributed by atoms with Gasteiger partial charge in [0.25, 0.3) is 0 Å². The Bertz CT molecular complexity index is 533. The summed E-state index contributed by atoms with van der Waals surface area (Å²) in [5.41, 5.74) is 1.79. The molecule has 1 atom stereocenters. The van der Waals surface area contributed by atoms with Gasteiger partial charge in [0.2, 0.25) is 0 Å². The van der Waals surface area contributed by atoms with Crippen LogP contribution in [0.5, 0.6) is 0 Å². The van der Waals surface area contributed by atoms with E-state index in [1.807, 2.05) is 13.0 Å². The summed E-state index contributed by atoms with van der Waals surface area (Å²) in [6.07, 6.45) is 3.96. The van der Waals surface area contributed by atoms with Crippen LogP contribution in [0.1, 0.15) is 24.1 Å². The van der Waals surface area contributed by atoms with Crippen LogP contribution in [0.3, 0.4) is 0 Å². The van der Waals surface area contributed by atoms with Crippen LogP contribution in [0.2, 0.25) is 5.02 Å². The van der Waals surface area contributed by atoms with Gasteiger partial charge in [-0.1, -0.05) is 18.5 Å². The van der Waals surface area contributed by atoms with E-state index in [1.54, 1.807) is 18.5 Å². The van der Waals surface area contributed by atoms with E-state index in [0.29, 0.717) is 11.4 Å². The zero-order chi connectivity index (χ0) is 13.7. The van der Waals surface area contributed by atoms with Crippen LogP contribution in [0.25, 0.3) is 0 Å². The summed E-state index contributed by atoms with van der Waals surface area (Å²) in [6.45, 7) is 2.83. The van der Waals surface area contributed by atoms with Crippen LogP contribution in [0.4, 0.5) is 4.39 Å². The van der Waals surface area contributed by atoms with E-state index >= 15 is 0 Å². The van der Waals surface area contributed by atoms with Crippen molar-refractivity contribution in [3.63, 3.8) is 0 Å². The average Bonchev–Trinajstić information content (AvgIpc) is 2.43. The minimum atomic E-state index is -0.275. The third kappa shape index (κ3) is 3.72. The highest BCUT2D eigenvalue weighted by molar-refractivity contribution is 6.31. The lowest BCUT2D eigenvalue weighted by Crippen LogP contribution is -2.23. The van der Waals surface area contributed by atoms with Gasteiger partial charge in [0.15, 0.2) is 0 Å². The topological polar surface area (TPSA) is 37.8 Å². The fraction of sp³-hybridized carbons (Fsp3) is 0.286. The molecule has 19 heavy (non-hydrogen) atoms. The lowest BCUT2D eigenvalue weighted by Gasteiger charge is -2.18. The maximum atomic E-state index is 13.3. The molecule has 1 heterocycles. The lowest BCUT2D eigenvalue weighted by atomic mass is 10.0. The van der Waals surface area contributed by atoms with Gasteiger partial charge in [-0.05, 0) is 48.4 Å². The van der Waals surface area contributed by atoms with Crippen molar-refractivity contribution < 1.29 is 4.39 Å². The maximum Gasteiger partial charge on any atom is 0.123 e. The van der Waals surface area contributed by atoms with E-state index < -0.39 is 0 Å². The number of halogens is 2. The fourth-order valence-corrected chi connectivity index (χ4v) is 2.18. The summed E-state index contributed by atoms with van der Waals surface area (Å²) >= 11 is 6.11. The first-order chi connectivity index (χ1) is 9.20. The van der Waals surface area contributed by atoms with Crippen LogP contribution in [0, 0.1) is 5.82 Å². The summed E-state index contributed by atoms with van der Waals surface area (Å²) < 4.78 is 13.3. The molecule has 3 nitrogen and oxygen atoms in total. The van der Waals surface area contributed by atoms with Gasteiger partial charge in [-0.15, -0.1) is 0 Å². The van der Waals surface area contributed by atoms with Crippen molar-refractivity contribution in [2.24, 2.45) is 0 Å². The zero-order valence-electron chi connectivity index (χ0n) is 10.6. The molecule has 2 aromatic rings. The first-order valence-corrected chi connectivity index (χ1v) is 6.52. The Labute approximate surface area is 116 Å². The van der Waals surface area contributed by atoms with Gasteiger partial charge in [-0.3, -0.25) is 0 Å². The molecule has 0 spiro atoms. The van der Waals surface area contributed by atoms with E-state index in [0.717, 1.165) is 17.7 Å². The highest BCUT2D eigenvalue weighted by atomic mass is 35.5. The number of likely N-dealkylation sites (N-methyl/N-ethyl adjacent to an activating group) is 1. The Morgan fingerprint density at radius 2 is 2.16 bits per heavy atom. The SMILES string of the molecule is CCNC(Cc1cc(F)ccc1Cl)c1ccnnc1. The van der Waals surface area contributed by atoms with Gasteiger partial charge >= 0.3 is 0 Å². The van der Waals surface area contributed by atoms with E-state index in [4.69, 9.17) is 11.6 Å². The Morgan fingerprint density at radius 3 is 2.84 bits per heavy atom. The maximum absolute atomic E-state index is 13.3. The summed E-state index contributed by atoms with van der Waals surface area (Å²) in [7, 11) is 0. The molecule has 2 rings (SSSR count). The van der Waals surface area contributed by atoms with Crippen LogP contribution in [-0.2, 0) is 6.42 Å². The first kappa shape index (κ1) is 13.9. The molecule has 1 N–H and O–H groups in total. The smallest absolute Gasteiger partial charge is 0.123 e. The van der Waals surface area contributed by atoms with Crippen LogP contribution in [0.15, 0.2) is 36.7 Å². The Kier molecular flexibility index (Phi) is 4.82. The minimum Gasteiger partial charge on any atom is -0.310 e. The average molecular weight is 280 g/mol. The van der Waals surface area contributed by atoms with Gasteiger partial charge in [-0.2, -0.15) is 10.2 Å². The standard InChI is InChI=1S/C14H15ClFN3/c1-2-17-14(10-5-6-18-19-9-10)8-11-7-12(16)3-4-13(11)15/h3-7,9,14,17H,2,8H2,1H3. The number of rotatable bonds is 5. The Balaban J connectivity index is 2.24.